The number of Topliss-reactive ketones (excluding diaryl/α,β-unsaturated/α-hetero) is 1. The van der Waals surface area contributed by atoms with Gasteiger partial charge in [-0.2, -0.15) is 0 Å². The van der Waals surface area contributed by atoms with Gasteiger partial charge in [-0.1, -0.05) is 6.07 Å². The number of rotatable bonds is 5. The van der Waals surface area contributed by atoms with E-state index < -0.39 is 5.82 Å². The van der Waals surface area contributed by atoms with Crippen LogP contribution in [0.1, 0.15) is 21.7 Å². The molecule has 2 aromatic rings. The molecule has 2 heterocycles. The molecule has 1 aromatic carbocycles. The molecule has 0 aliphatic carbocycles. The van der Waals surface area contributed by atoms with E-state index >= 15 is 0 Å². The van der Waals surface area contributed by atoms with Crippen molar-refractivity contribution >= 4 is 5.78 Å². The van der Waals surface area contributed by atoms with Crippen LogP contribution in [0, 0.1) is 12.7 Å². The number of aryl methyl sites for hydroxylation is 1. The average Bonchev–Trinajstić information content (AvgIpc) is 2.46. The van der Waals surface area contributed by atoms with E-state index in [1.54, 1.807) is 19.1 Å². The molecule has 1 aliphatic heterocycles. The molecular weight excluding hydrogens is 285 g/mol. The molecular formula is C16H16FN3O2. The third-order valence-corrected chi connectivity index (χ3v) is 3.53. The van der Waals surface area contributed by atoms with Crippen molar-refractivity contribution < 1.29 is 13.9 Å². The fourth-order valence-corrected chi connectivity index (χ4v) is 2.09. The van der Waals surface area contributed by atoms with Crippen LogP contribution < -0.4 is 10.1 Å². The number of carbonyl (C=O) groups is 1. The first-order chi connectivity index (χ1) is 10.6. The lowest BCUT2D eigenvalue weighted by molar-refractivity contribution is 0.0990. The Labute approximate surface area is 127 Å². The summed E-state index contributed by atoms with van der Waals surface area (Å²) < 4.78 is 19.7. The van der Waals surface area contributed by atoms with Crippen LogP contribution in [0.15, 0.2) is 30.6 Å². The van der Waals surface area contributed by atoms with E-state index in [1.165, 1.54) is 18.5 Å². The van der Waals surface area contributed by atoms with Gasteiger partial charge in [-0.15, -0.1) is 0 Å². The van der Waals surface area contributed by atoms with Crippen molar-refractivity contribution in [3.8, 4) is 5.75 Å². The molecule has 22 heavy (non-hydrogen) atoms. The van der Waals surface area contributed by atoms with Gasteiger partial charge < -0.3 is 10.1 Å². The quantitative estimate of drug-likeness (QED) is 0.852. The zero-order valence-electron chi connectivity index (χ0n) is 12.2. The van der Waals surface area contributed by atoms with E-state index in [4.69, 9.17) is 4.74 Å². The number of aromatic nitrogens is 2. The van der Waals surface area contributed by atoms with Crippen LogP contribution in [-0.4, -0.2) is 34.9 Å². The van der Waals surface area contributed by atoms with Gasteiger partial charge in [0.1, 0.15) is 23.5 Å². The first-order valence-electron chi connectivity index (χ1n) is 7.09. The third kappa shape index (κ3) is 3.28. The zero-order chi connectivity index (χ0) is 15.5. The molecule has 114 valence electrons. The van der Waals surface area contributed by atoms with Gasteiger partial charge in [0.25, 0.3) is 0 Å². The second-order valence-electron chi connectivity index (χ2n) is 5.27. The summed E-state index contributed by atoms with van der Waals surface area (Å²) in [4.78, 5) is 20.1. The van der Waals surface area contributed by atoms with E-state index in [1.807, 2.05) is 0 Å². The first kappa shape index (κ1) is 14.6. The minimum Gasteiger partial charge on any atom is -0.488 e. The highest BCUT2D eigenvalue weighted by Crippen LogP contribution is 2.20. The van der Waals surface area contributed by atoms with E-state index in [0.717, 1.165) is 13.1 Å². The molecule has 0 bridgehead atoms. The molecule has 1 N–H and O–H groups in total. The minimum atomic E-state index is -0.439. The number of halogens is 1. The van der Waals surface area contributed by atoms with E-state index in [0.29, 0.717) is 22.7 Å². The lowest BCUT2D eigenvalue weighted by Crippen LogP contribution is -2.50. The van der Waals surface area contributed by atoms with Crippen LogP contribution >= 0.6 is 0 Å². The Morgan fingerprint density at radius 2 is 2.09 bits per heavy atom. The molecule has 6 heteroatoms. The smallest absolute Gasteiger partial charge is 0.170 e. The number of benzene rings is 1. The number of ketones is 1. The SMILES string of the molecule is Cc1ncc(C(=O)Cc2ccc(OC3CNC3)cc2F)cn1. The van der Waals surface area contributed by atoms with Crippen molar-refractivity contribution in [2.45, 2.75) is 19.4 Å². The van der Waals surface area contributed by atoms with Crippen molar-refractivity contribution in [1.82, 2.24) is 15.3 Å². The molecule has 0 amide bonds. The van der Waals surface area contributed by atoms with Crippen molar-refractivity contribution in [3.05, 3.63) is 53.4 Å². The summed E-state index contributed by atoms with van der Waals surface area (Å²) in [5.74, 6) is 0.426. The second-order valence-corrected chi connectivity index (χ2v) is 5.27. The Bertz CT molecular complexity index is 684. The second kappa shape index (κ2) is 6.19. The average molecular weight is 301 g/mol. The fourth-order valence-electron chi connectivity index (χ4n) is 2.09. The molecule has 1 aromatic heterocycles. The van der Waals surface area contributed by atoms with E-state index in [2.05, 4.69) is 15.3 Å². The highest BCUT2D eigenvalue weighted by atomic mass is 19.1. The van der Waals surface area contributed by atoms with E-state index in [9.17, 15) is 9.18 Å². The standard InChI is InChI=1S/C16H16FN3O2/c1-10-19-6-12(7-20-10)16(21)4-11-2-3-13(5-15(11)17)22-14-8-18-9-14/h2-3,5-7,14,18H,4,8-9H2,1H3. The van der Waals surface area contributed by atoms with Gasteiger partial charge in [0, 0.05) is 38.0 Å². The molecule has 0 radical (unpaired) electrons. The highest BCUT2D eigenvalue weighted by Gasteiger charge is 2.19. The third-order valence-electron chi connectivity index (χ3n) is 3.53. The Morgan fingerprint density at radius 3 is 2.68 bits per heavy atom. The molecule has 5 nitrogen and oxygen atoms in total. The van der Waals surface area contributed by atoms with Crippen LogP contribution in [0.2, 0.25) is 0 Å². The van der Waals surface area contributed by atoms with Gasteiger partial charge in [0.2, 0.25) is 0 Å². The van der Waals surface area contributed by atoms with Gasteiger partial charge in [-0.25, -0.2) is 14.4 Å². The van der Waals surface area contributed by atoms with Crippen LogP contribution in [0.4, 0.5) is 4.39 Å². The minimum absolute atomic E-state index is 0.0243. The van der Waals surface area contributed by atoms with Gasteiger partial charge in [0.15, 0.2) is 5.78 Å². The summed E-state index contributed by atoms with van der Waals surface area (Å²) in [5.41, 5.74) is 0.718. The van der Waals surface area contributed by atoms with Crippen LogP contribution in [0.25, 0.3) is 0 Å². The van der Waals surface area contributed by atoms with Gasteiger partial charge in [-0.05, 0) is 18.6 Å². The summed E-state index contributed by atoms with van der Waals surface area (Å²) in [6.07, 6.45) is 2.99. The summed E-state index contributed by atoms with van der Waals surface area (Å²) in [7, 11) is 0. The Morgan fingerprint density at radius 1 is 1.36 bits per heavy atom. The Hall–Kier alpha value is -2.34. The lowest BCUT2D eigenvalue weighted by Gasteiger charge is -2.27. The maximum Gasteiger partial charge on any atom is 0.170 e. The number of hydrogen-bond donors (Lipinski definition) is 1. The van der Waals surface area contributed by atoms with Crippen molar-refractivity contribution in [1.29, 1.82) is 0 Å². The Balaban J connectivity index is 1.68. The molecule has 0 unspecified atom stereocenters. The number of nitrogens with zero attached hydrogens (tertiary/aromatic N) is 2. The van der Waals surface area contributed by atoms with Crippen LogP contribution in [-0.2, 0) is 6.42 Å². The normalized spacial score (nSPS) is 14.5. The lowest BCUT2D eigenvalue weighted by atomic mass is 10.0. The fraction of sp³-hybridized carbons (Fsp3) is 0.312. The van der Waals surface area contributed by atoms with Gasteiger partial charge in [0.05, 0.1) is 5.56 Å². The first-order valence-corrected chi connectivity index (χ1v) is 7.09. The molecule has 0 spiro atoms. The summed E-state index contributed by atoms with van der Waals surface area (Å²) >= 11 is 0. The van der Waals surface area contributed by atoms with Gasteiger partial charge >= 0.3 is 0 Å². The maximum absolute atomic E-state index is 14.1. The number of hydrogen-bond acceptors (Lipinski definition) is 5. The highest BCUT2D eigenvalue weighted by molar-refractivity contribution is 5.97. The van der Waals surface area contributed by atoms with Gasteiger partial charge in [-0.3, -0.25) is 4.79 Å². The summed E-state index contributed by atoms with van der Waals surface area (Å²) in [5, 5.41) is 3.08. The maximum atomic E-state index is 14.1. The van der Waals surface area contributed by atoms with Crippen LogP contribution in [0.3, 0.4) is 0 Å². The predicted octanol–water partition coefficient (Wildman–Crippen LogP) is 1.70. The molecule has 1 aliphatic rings. The van der Waals surface area contributed by atoms with Crippen molar-refractivity contribution in [2.75, 3.05) is 13.1 Å². The summed E-state index contributed by atoms with van der Waals surface area (Å²) in [6.45, 7) is 3.29. The Kier molecular flexibility index (Phi) is 4.11. The number of ether oxygens (including phenoxy) is 1. The van der Waals surface area contributed by atoms with Crippen molar-refractivity contribution in [3.63, 3.8) is 0 Å². The molecule has 1 fully saturated rings. The monoisotopic (exact) mass is 301 g/mol. The molecule has 0 atom stereocenters. The van der Waals surface area contributed by atoms with E-state index in [-0.39, 0.29) is 18.3 Å². The molecule has 0 saturated carbocycles. The predicted molar refractivity (Wildman–Crippen MR) is 78.5 cm³/mol. The largest absolute Gasteiger partial charge is 0.488 e. The number of carbonyl (C=O) groups excluding carboxylic acids is 1. The topological polar surface area (TPSA) is 64.1 Å². The summed E-state index contributed by atoms with van der Waals surface area (Å²) in [6, 6.07) is 4.60. The molecule has 1 saturated heterocycles. The van der Waals surface area contributed by atoms with Crippen LogP contribution in [0.5, 0.6) is 5.75 Å². The van der Waals surface area contributed by atoms with Crippen molar-refractivity contribution in [2.24, 2.45) is 0 Å². The zero-order valence-corrected chi connectivity index (χ0v) is 12.2. The number of nitrogens with one attached hydrogen (secondary N) is 1. The molecule has 3 rings (SSSR count).